The number of carbonyl (C=O) groups excluding carboxylic acids is 1. The third kappa shape index (κ3) is 2.69. The quantitative estimate of drug-likeness (QED) is 0.865. The van der Waals surface area contributed by atoms with Crippen LogP contribution in [0.5, 0.6) is 0 Å². The number of alkyl halides is 1. The summed E-state index contributed by atoms with van der Waals surface area (Å²) in [5.74, 6) is -0.0932. The number of halogens is 1. The Balaban J connectivity index is 1.80. The number of likely N-dealkylation sites (tertiary alicyclic amines) is 1. The molecule has 0 aliphatic carbocycles. The van der Waals surface area contributed by atoms with Gasteiger partial charge in [-0.1, -0.05) is 0 Å². The molecule has 5 nitrogen and oxygen atoms in total. The van der Waals surface area contributed by atoms with Gasteiger partial charge in [0.25, 0.3) is 5.91 Å². The molecule has 116 valence electrons. The zero-order valence-electron chi connectivity index (χ0n) is 12.8. The van der Waals surface area contributed by atoms with Gasteiger partial charge in [-0.05, 0) is 33.6 Å². The molecule has 3 heterocycles. The first-order valence-corrected chi connectivity index (χ1v) is 7.58. The second-order valence-electron chi connectivity index (χ2n) is 6.46. The topological polar surface area (TPSA) is 58.2 Å². The number of nitrogens with zero attached hydrogens (tertiary/aromatic N) is 2. The Kier molecular flexibility index (Phi) is 3.51. The molecule has 1 saturated heterocycles. The lowest BCUT2D eigenvalue weighted by molar-refractivity contribution is -0.00705. The van der Waals surface area contributed by atoms with E-state index in [1.165, 1.54) is 0 Å². The summed E-state index contributed by atoms with van der Waals surface area (Å²) in [7, 11) is 0. The van der Waals surface area contributed by atoms with E-state index >= 15 is 0 Å². The Morgan fingerprint density at radius 2 is 2.10 bits per heavy atom. The van der Waals surface area contributed by atoms with Crippen LogP contribution in [0.1, 0.15) is 61.5 Å². The number of H-pyrrole nitrogens is 1. The van der Waals surface area contributed by atoms with E-state index in [0.717, 1.165) is 11.3 Å². The van der Waals surface area contributed by atoms with Gasteiger partial charge in [0.05, 0.1) is 17.9 Å². The molecule has 1 fully saturated rings. The number of ether oxygens (including phenoxy) is 1. The van der Waals surface area contributed by atoms with Crippen molar-refractivity contribution in [2.75, 3.05) is 13.1 Å². The average Bonchev–Trinajstić information content (AvgIpc) is 2.82. The van der Waals surface area contributed by atoms with Gasteiger partial charge in [0.2, 0.25) is 0 Å². The van der Waals surface area contributed by atoms with Crippen LogP contribution in [0.3, 0.4) is 0 Å². The largest absolute Gasteiger partial charge is 0.369 e. The Morgan fingerprint density at radius 3 is 2.76 bits per heavy atom. The van der Waals surface area contributed by atoms with Crippen molar-refractivity contribution in [3.63, 3.8) is 0 Å². The number of amides is 1. The molecule has 0 unspecified atom stereocenters. The van der Waals surface area contributed by atoms with Gasteiger partial charge in [-0.25, -0.2) is 4.39 Å². The maximum atomic E-state index is 13.8. The molecule has 0 radical (unpaired) electrons. The third-order valence-corrected chi connectivity index (χ3v) is 4.53. The van der Waals surface area contributed by atoms with Crippen LogP contribution >= 0.6 is 0 Å². The van der Waals surface area contributed by atoms with Crippen LogP contribution in [0.4, 0.5) is 4.39 Å². The Bertz CT molecular complexity index is 545. The molecule has 0 bridgehead atoms. The summed E-state index contributed by atoms with van der Waals surface area (Å²) < 4.78 is 19.6. The van der Waals surface area contributed by atoms with Gasteiger partial charge >= 0.3 is 0 Å². The summed E-state index contributed by atoms with van der Waals surface area (Å²) >= 11 is 0. The molecule has 2 aliphatic rings. The molecule has 1 amide bonds. The SMILES string of the molecule is C[C@@H]1Cc2c(C(=O)N3CCC(C)(F)CC3)n[nH]c2[C@H](C)O1. The van der Waals surface area contributed by atoms with Crippen LogP contribution in [0, 0.1) is 0 Å². The summed E-state index contributed by atoms with van der Waals surface area (Å²) in [4.78, 5) is 14.3. The first kappa shape index (κ1) is 14.5. The lowest BCUT2D eigenvalue weighted by atomic mass is 9.94. The van der Waals surface area contributed by atoms with Gasteiger partial charge in [0.15, 0.2) is 5.69 Å². The van der Waals surface area contributed by atoms with Crippen molar-refractivity contribution in [3.05, 3.63) is 17.0 Å². The summed E-state index contributed by atoms with van der Waals surface area (Å²) in [6.45, 7) is 6.46. The van der Waals surface area contributed by atoms with Crippen molar-refractivity contribution >= 4 is 5.91 Å². The minimum absolute atomic E-state index is 0.0757. The normalized spacial score (nSPS) is 28.3. The highest BCUT2D eigenvalue weighted by Gasteiger charge is 2.35. The zero-order chi connectivity index (χ0) is 15.2. The van der Waals surface area contributed by atoms with Crippen molar-refractivity contribution in [3.8, 4) is 0 Å². The van der Waals surface area contributed by atoms with Crippen LogP contribution in [-0.4, -0.2) is 45.9 Å². The van der Waals surface area contributed by atoms with E-state index in [2.05, 4.69) is 10.2 Å². The summed E-state index contributed by atoms with van der Waals surface area (Å²) in [6.07, 6.45) is 1.47. The highest BCUT2D eigenvalue weighted by Crippen LogP contribution is 2.32. The second-order valence-corrected chi connectivity index (χ2v) is 6.46. The number of carbonyl (C=O) groups is 1. The van der Waals surface area contributed by atoms with Crippen LogP contribution in [-0.2, 0) is 11.2 Å². The maximum absolute atomic E-state index is 13.8. The molecule has 0 spiro atoms. The fraction of sp³-hybridized carbons (Fsp3) is 0.733. The number of hydrogen-bond donors (Lipinski definition) is 1. The molecule has 1 N–H and O–H groups in total. The van der Waals surface area contributed by atoms with Gasteiger partial charge in [-0.3, -0.25) is 9.89 Å². The lowest BCUT2D eigenvalue weighted by Crippen LogP contribution is -2.43. The number of hydrogen-bond acceptors (Lipinski definition) is 3. The van der Waals surface area contributed by atoms with Gasteiger partial charge in [-0.2, -0.15) is 5.10 Å². The summed E-state index contributed by atoms with van der Waals surface area (Å²) in [5, 5.41) is 7.14. The van der Waals surface area contributed by atoms with Crippen molar-refractivity contribution in [2.45, 2.75) is 57.9 Å². The fourth-order valence-corrected chi connectivity index (χ4v) is 3.18. The molecule has 2 atom stereocenters. The predicted octanol–water partition coefficient (Wildman–Crippen LogP) is 2.40. The Hall–Kier alpha value is -1.43. The molecule has 2 aliphatic heterocycles. The Labute approximate surface area is 123 Å². The molecule has 0 aromatic carbocycles. The maximum Gasteiger partial charge on any atom is 0.274 e. The van der Waals surface area contributed by atoms with E-state index in [1.54, 1.807) is 11.8 Å². The van der Waals surface area contributed by atoms with Gasteiger partial charge in [-0.15, -0.1) is 0 Å². The number of aromatic amines is 1. The van der Waals surface area contributed by atoms with E-state index in [9.17, 15) is 9.18 Å². The average molecular weight is 295 g/mol. The smallest absolute Gasteiger partial charge is 0.274 e. The highest BCUT2D eigenvalue weighted by molar-refractivity contribution is 5.94. The van der Waals surface area contributed by atoms with E-state index in [1.807, 2.05) is 13.8 Å². The van der Waals surface area contributed by atoms with Gasteiger partial charge in [0, 0.05) is 25.1 Å². The van der Waals surface area contributed by atoms with E-state index in [0.29, 0.717) is 38.0 Å². The van der Waals surface area contributed by atoms with Crippen LogP contribution < -0.4 is 0 Å². The first-order valence-electron chi connectivity index (χ1n) is 7.58. The van der Waals surface area contributed by atoms with E-state index in [-0.39, 0.29) is 18.1 Å². The van der Waals surface area contributed by atoms with Gasteiger partial charge < -0.3 is 9.64 Å². The summed E-state index contributed by atoms with van der Waals surface area (Å²) in [5.41, 5.74) is 1.18. The van der Waals surface area contributed by atoms with E-state index < -0.39 is 5.67 Å². The molecule has 1 aromatic heterocycles. The number of aromatic nitrogens is 2. The molecule has 21 heavy (non-hydrogen) atoms. The van der Waals surface area contributed by atoms with Crippen LogP contribution in [0.25, 0.3) is 0 Å². The molecule has 0 saturated carbocycles. The van der Waals surface area contributed by atoms with Gasteiger partial charge in [0.1, 0.15) is 5.67 Å². The number of rotatable bonds is 1. The molecular weight excluding hydrogens is 273 g/mol. The number of piperidine rings is 1. The van der Waals surface area contributed by atoms with E-state index in [4.69, 9.17) is 4.74 Å². The van der Waals surface area contributed by atoms with Crippen LogP contribution in [0.2, 0.25) is 0 Å². The monoisotopic (exact) mass is 295 g/mol. The van der Waals surface area contributed by atoms with Crippen LogP contribution in [0.15, 0.2) is 0 Å². The second kappa shape index (κ2) is 5.09. The minimum atomic E-state index is -1.15. The minimum Gasteiger partial charge on any atom is -0.369 e. The number of fused-ring (bicyclic) bond motifs is 1. The third-order valence-electron chi connectivity index (χ3n) is 4.53. The molecular formula is C15H22FN3O2. The lowest BCUT2D eigenvalue weighted by Gasteiger charge is -2.34. The molecule has 1 aromatic rings. The standard InChI is InChI=1S/C15H22FN3O2/c1-9-8-11-12(10(2)21-9)17-18-13(11)14(20)19-6-4-15(3,16)5-7-19/h9-10H,4-8H2,1-3H3,(H,17,18)/t9-,10+/m1/s1. The predicted molar refractivity (Wildman–Crippen MR) is 75.9 cm³/mol. The Morgan fingerprint density at radius 1 is 1.43 bits per heavy atom. The summed E-state index contributed by atoms with van der Waals surface area (Å²) in [6, 6.07) is 0. The van der Waals surface area contributed by atoms with Crippen molar-refractivity contribution in [2.24, 2.45) is 0 Å². The molecule has 3 rings (SSSR count). The van der Waals surface area contributed by atoms with Crippen molar-refractivity contribution in [1.29, 1.82) is 0 Å². The highest BCUT2D eigenvalue weighted by atomic mass is 19.1. The zero-order valence-corrected chi connectivity index (χ0v) is 12.8. The fourth-order valence-electron chi connectivity index (χ4n) is 3.18. The number of nitrogens with one attached hydrogen (secondary N) is 1. The van der Waals surface area contributed by atoms with Crippen molar-refractivity contribution < 1.29 is 13.9 Å². The van der Waals surface area contributed by atoms with Crippen molar-refractivity contribution in [1.82, 2.24) is 15.1 Å². The molecule has 6 heteroatoms. The first-order chi connectivity index (χ1) is 9.87.